The van der Waals surface area contributed by atoms with Crippen molar-refractivity contribution < 1.29 is 22.6 Å². The summed E-state index contributed by atoms with van der Waals surface area (Å²) in [7, 11) is -0.797. The maximum Gasteiger partial charge on any atom is 0.244 e. The van der Waals surface area contributed by atoms with E-state index in [2.05, 4.69) is 4.72 Å². The van der Waals surface area contributed by atoms with Crippen LogP contribution in [0.3, 0.4) is 0 Å². The van der Waals surface area contributed by atoms with Crippen LogP contribution in [0.15, 0.2) is 35.2 Å². The van der Waals surface area contributed by atoms with Gasteiger partial charge < -0.3 is 14.2 Å². The first kappa shape index (κ1) is 20.1. The molecule has 0 aromatic heterocycles. The zero-order valence-corrected chi connectivity index (χ0v) is 16.6. The molecule has 0 atom stereocenters. The lowest BCUT2D eigenvalue weighted by molar-refractivity contribution is 0.318. The van der Waals surface area contributed by atoms with Crippen LogP contribution in [-0.4, -0.2) is 35.8 Å². The highest BCUT2D eigenvalue weighted by Crippen LogP contribution is 2.28. The second kappa shape index (κ2) is 8.42. The minimum Gasteiger partial charge on any atom is -0.497 e. The molecule has 2 aromatic carbocycles. The van der Waals surface area contributed by atoms with Crippen molar-refractivity contribution in [3.05, 3.63) is 47.0 Å². The zero-order valence-electron chi connectivity index (χ0n) is 15.8. The van der Waals surface area contributed by atoms with Crippen LogP contribution in [-0.2, 0) is 10.0 Å². The van der Waals surface area contributed by atoms with Gasteiger partial charge in [0, 0.05) is 12.6 Å². The molecule has 6 nitrogen and oxygen atoms in total. The van der Waals surface area contributed by atoms with Crippen LogP contribution in [0.4, 0.5) is 0 Å². The van der Waals surface area contributed by atoms with E-state index >= 15 is 0 Å². The molecule has 0 spiro atoms. The van der Waals surface area contributed by atoms with Crippen molar-refractivity contribution >= 4 is 10.0 Å². The molecule has 7 heteroatoms. The third kappa shape index (κ3) is 4.47. The number of ether oxygens (including phenoxy) is 3. The van der Waals surface area contributed by atoms with Crippen molar-refractivity contribution in [3.8, 4) is 17.2 Å². The Bertz CT molecular complexity index is 878. The maximum absolute atomic E-state index is 12.5. The molecule has 0 fully saturated rings. The van der Waals surface area contributed by atoms with Gasteiger partial charge in [-0.3, -0.25) is 0 Å². The van der Waals surface area contributed by atoms with E-state index in [1.54, 1.807) is 6.07 Å². The molecule has 142 valence electrons. The molecule has 0 radical (unpaired) electrons. The highest BCUT2D eigenvalue weighted by Gasteiger charge is 2.20. The molecule has 1 N–H and O–H groups in total. The first-order chi connectivity index (χ1) is 12.3. The molecule has 26 heavy (non-hydrogen) atoms. The summed E-state index contributed by atoms with van der Waals surface area (Å²) in [6.07, 6.45) is 0. The SMILES string of the molecule is COc1ccc(S(=O)(=O)NCCOc2c(C)ccc(C)c2C)c(OC)c1. The minimum atomic E-state index is -3.72. The highest BCUT2D eigenvalue weighted by atomic mass is 32.2. The fourth-order valence-corrected chi connectivity index (χ4v) is 3.71. The quantitative estimate of drug-likeness (QED) is 0.714. The molecule has 0 unspecified atom stereocenters. The molecule has 0 bridgehead atoms. The van der Waals surface area contributed by atoms with Gasteiger partial charge >= 0.3 is 0 Å². The van der Waals surface area contributed by atoms with Crippen LogP contribution in [0, 0.1) is 20.8 Å². The van der Waals surface area contributed by atoms with Crippen molar-refractivity contribution in [1.82, 2.24) is 4.72 Å². The molecule has 0 saturated heterocycles. The predicted molar refractivity (Wildman–Crippen MR) is 101 cm³/mol. The number of nitrogens with one attached hydrogen (secondary N) is 1. The highest BCUT2D eigenvalue weighted by molar-refractivity contribution is 7.89. The summed E-state index contributed by atoms with van der Waals surface area (Å²) in [5.74, 6) is 1.55. The third-order valence-corrected chi connectivity index (χ3v) is 5.67. The predicted octanol–water partition coefficient (Wildman–Crippen LogP) is 2.99. The first-order valence-electron chi connectivity index (χ1n) is 8.21. The normalized spacial score (nSPS) is 11.3. The maximum atomic E-state index is 12.5. The third-order valence-electron chi connectivity index (χ3n) is 4.17. The van der Waals surface area contributed by atoms with Gasteiger partial charge in [0.1, 0.15) is 28.8 Å². The summed E-state index contributed by atoms with van der Waals surface area (Å²) in [5.41, 5.74) is 3.21. The van der Waals surface area contributed by atoms with Crippen molar-refractivity contribution in [3.63, 3.8) is 0 Å². The zero-order chi connectivity index (χ0) is 19.3. The smallest absolute Gasteiger partial charge is 0.244 e. The van der Waals surface area contributed by atoms with Crippen LogP contribution < -0.4 is 18.9 Å². The molecule has 2 rings (SSSR count). The molecule has 2 aromatic rings. The van der Waals surface area contributed by atoms with Gasteiger partial charge in [0.05, 0.1) is 14.2 Å². The van der Waals surface area contributed by atoms with Crippen molar-refractivity contribution in [2.24, 2.45) is 0 Å². The number of hydrogen-bond acceptors (Lipinski definition) is 5. The summed E-state index contributed by atoms with van der Waals surface area (Å²) in [4.78, 5) is 0.0590. The van der Waals surface area contributed by atoms with E-state index in [9.17, 15) is 8.42 Å². The number of methoxy groups -OCH3 is 2. The van der Waals surface area contributed by atoms with Gasteiger partial charge in [-0.1, -0.05) is 12.1 Å². The molecule has 0 amide bonds. The number of benzene rings is 2. The van der Waals surface area contributed by atoms with Crippen LogP contribution in [0.25, 0.3) is 0 Å². The van der Waals surface area contributed by atoms with Crippen molar-refractivity contribution in [2.75, 3.05) is 27.4 Å². The lowest BCUT2D eigenvalue weighted by Gasteiger charge is -2.15. The summed E-state index contributed by atoms with van der Waals surface area (Å²) in [6.45, 7) is 6.34. The molecule has 0 saturated carbocycles. The summed E-state index contributed by atoms with van der Waals surface area (Å²) >= 11 is 0. The largest absolute Gasteiger partial charge is 0.497 e. The van der Waals surface area contributed by atoms with E-state index in [-0.39, 0.29) is 23.8 Å². The molecule has 0 heterocycles. The fourth-order valence-electron chi connectivity index (χ4n) is 2.55. The fraction of sp³-hybridized carbons (Fsp3) is 0.368. The van der Waals surface area contributed by atoms with E-state index in [1.165, 1.54) is 26.4 Å². The van der Waals surface area contributed by atoms with E-state index in [0.717, 1.165) is 22.4 Å². The first-order valence-corrected chi connectivity index (χ1v) is 9.69. The topological polar surface area (TPSA) is 73.9 Å². The summed E-state index contributed by atoms with van der Waals surface area (Å²) < 4.78 is 43.6. The average molecular weight is 379 g/mol. The molecule has 0 aliphatic heterocycles. The van der Waals surface area contributed by atoms with Crippen molar-refractivity contribution in [2.45, 2.75) is 25.7 Å². The Balaban J connectivity index is 2.05. The number of hydrogen-bond donors (Lipinski definition) is 1. The van der Waals surface area contributed by atoms with Gasteiger partial charge in [-0.2, -0.15) is 0 Å². The van der Waals surface area contributed by atoms with Crippen molar-refractivity contribution in [1.29, 1.82) is 0 Å². The van der Waals surface area contributed by atoms with E-state index in [0.29, 0.717) is 5.75 Å². The van der Waals surface area contributed by atoms with E-state index in [4.69, 9.17) is 14.2 Å². The molecule has 0 aliphatic carbocycles. The minimum absolute atomic E-state index is 0.0590. The Morgan fingerprint density at radius 1 is 0.962 bits per heavy atom. The Labute approximate surface area is 155 Å². The Morgan fingerprint density at radius 3 is 2.31 bits per heavy atom. The molecule has 0 aliphatic rings. The average Bonchev–Trinajstić information content (AvgIpc) is 2.63. The van der Waals surface area contributed by atoms with Gasteiger partial charge in [0.15, 0.2) is 0 Å². The standard InChI is InChI=1S/C19H25NO5S/c1-13-6-7-14(2)19(15(13)3)25-11-10-20-26(21,22)18-9-8-16(23-4)12-17(18)24-5/h6-9,12,20H,10-11H2,1-5H3. The number of sulfonamides is 1. The summed E-state index contributed by atoms with van der Waals surface area (Å²) in [6, 6.07) is 8.59. The van der Waals surface area contributed by atoms with Crippen LogP contribution >= 0.6 is 0 Å². The van der Waals surface area contributed by atoms with Crippen LogP contribution in [0.2, 0.25) is 0 Å². The van der Waals surface area contributed by atoms with Gasteiger partial charge in [-0.15, -0.1) is 0 Å². The Kier molecular flexibility index (Phi) is 6.50. The number of aryl methyl sites for hydroxylation is 2. The Morgan fingerprint density at radius 2 is 1.65 bits per heavy atom. The Hall–Kier alpha value is -2.25. The second-order valence-corrected chi connectivity index (χ2v) is 7.65. The van der Waals surface area contributed by atoms with Gasteiger partial charge in [-0.25, -0.2) is 13.1 Å². The van der Waals surface area contributed by atoms with Crippen LogP contribution in [0.5, 0.6) is 17.2 Å². The van der Waals surface area contributed by atoms with Gasteiger partial charge in [-0.05, 0) is 49.6 Å². The summed E-state index contributed by atoms with van der Waals surface area (Å²) in [5, 5.41) is 0. The van der Waals surface area contributed by atoms with Crippen LogP contribution in [0.1, 0.15) is 16.7 Å². The second-order valence-electron chi connectivity index (χ2n) is 5.92. The molecular formula is C19H25NO5S. The number of rotatable bonds is 8. The lowest BCUT2D eigenvalue weighted by Crippen LogP contribution is -2.28. The van der Waals surface area contributed by atoms with Gasteiger partial charge in [0.25, 0.3) is 0 Å². The molecular weight excluding hydrogens is 354 g/mol. The van der Waals surface area contributed by atoms with Gasteiger partial charge in [0.2, 0.25) is 10.0 Å². The van der Waals surface area contributed by atoms with E-state index in [1.807, 2.05) is 32.9 Å². The monoisotopic (exact) mass is 379 g/mol. The lowest BCUT2D eigenvalue weighted by atomic mass is 10.1. The van der Waals surface area contributed by atoms with E-state index < -0.39 is 10.0 Å².